The van der Waals surface area contributed by atoms with Crippen LogP contribution in [0.3, 0.4) is 0 Å². The molecule has 3 nitrogen and oxygen atoms in total. The first kappa shape index (κ1) is 14.4. The Morgan fingerprint density at radius 1 is 0.708 bits per heavy atom. The molecule has 0 amide bonds. The molecular formula is C21H17N3. The minimum absolute atomic E-state index is 0.874. The van der Waals surface area contributed by atoms with Gasteiger partial charge in [-0.1, -0.05) is 71.9 Å². The van der Waals surface area contributed by atoms with Crippen molar-refractivity contribution in [2.75, 3.05) is 0 Å². The second-order valence-corrected chi connectivity index (χ2v) is 5.78. The van der Waals surface area contributed by atoms with Gasteiger partial charge in [-0.15, -0.1) is 5.10 Å². The van der Waals surface area contributed by atoms with Gasteiger partial charge in [0.05, 0.1) is 11.9 Å². The van der Waals surface area contributed by atoms with Gasteiger partial charge >= 0.3 is 0 Å². The fourth-order valence-corrected chi connectivity index (χ4v) is 2.82. The van der Waals surface area contributed by atoms with Crippen molar-refractivity contribution in [2.24, 2.45) is 0 Å². The van der Waals surface area contributed by atoms with E-state index in [1.54, 1.807) is 0 Å². The summed E-state index contributed by atoms with van der Waals surface area (Å²) in [5, 5.41) is 8.52. The van der Waals surface area contributed by atoms with Crippen molar-refractivity contribution >= 4 is 0 Å². The maximum Gasteiger partial charge on any atom is 0.113 e. The summed E-state index contributed by atoms with van der Waals surface area (Å²) in [6.07, 6.45) is 1.96. The molecule has 0 saturated heterocycles. The van der Waals surface area contributed by atoms with Crippen molar-refractivity contribution < 1.29 is 0 Å². The van der Waals surface area contributed by atoms with Gasteiger partial charge in [0.15, 0.2) is 0 Å². The number of benzene rings is 3. The van der Waals surface area contributed by atoms with Gasteiger partial charge in [0, 0.05) is 5.56 Å². The first-order chi connectivity index (χ1) is 11.8. The molecule has 1 heterocycles. The molecule has 0 saturated carbocycles. The molecule has 0 spiro atoms. The van der Waals surface area contributed by atoms with E-state index in [1.165, 1.54) is 16.7 Å². The van der Waals surface area contributed by atoms with Crippen LogP contribution in [-0.2, 0) is 0 Å². The summed E-state index contributed by atoms with van der Waals surface area (Å²) in [5.41, 5.74) is 6.69. The van der Waals surface area contributed by atoms with Gasteiger partial charge in [0.2, 0.25) is 0 Å². The minimum Gasteiger partial charge on any atom is -0.220 e. The van der Waals surface area contributed by atoms with Crippen molar-refractivity contribution in [3.63, 3.8) is 0 Å². The molecule has 0 bridgehead atoms. The normalized spacial score (nSPS) is 10.7. The van der Waals surface area contributed by atoms with Crippen LogP contribution in [0.5, 0.6) is 0 Å². The first-order valence-corrected chi connectivity index (χ1v) is 7.95. The van der Waals surface area contributed by atoms with Gasteiger partial charge < -0.3 is 0 Å². The maximum absolute atomic E-state index is 4.27. The Balaban J connectivity index is 1.64. The predicted molar refractivity (Wildman–Crippen MR) is 97.0 cm³/mol. The molecule has 0 N–H and O–H groups in total. The molecule has 1 aromatic heterocycles. The fourth-order valence-electron chi connectivity index (χ4n) is 2.82. The average molecular weight is 311 g/mol. The van der Waals surface area contributed by atoms with Crippen LogP contribution in [0.25, 0.3) is 28.1 Å². The van der Waals surface area contributed by atoms with E-state index in [4.69, 9.17) is 0 Å². The molecular weight excluding hydrogens is 294 g/mol. The highest BCUT2D eigenvalue weighted by molar-refractivity contribution is 5.68. The SMILES string of the molecule is Cc1ccccc1-c1ccc(-n2cc(-c3ccccc3)nn2)cc1. The summed E-state index contributed by atoms with van der Waals surface area (Å²) in [5.74, 6) is 0. The number of aryl methyl sites for hydroxylation is 1. The van der Waals surface area contributed by atoms with Crippen LogP contribution in [-0.4, -0.2) is 15.0 Å². The van der Waals surface area contributed by atoms with Gasteiger partial charge in [0.1, 0.15) is 5.69 Å². The Hall–Kier alpha value is -3.20. The third-order valence-electron chi connectivity index (χ3n) is 4.15. The Kier molecular flexibility index (Phi) is 3.67. The van der Waals surface area contributed by atoms with Crippen molar-refractivity contribution in [3.8, 4) is 28.1 Å². The van der Waals surface area contributed by atoms with E-state index in [1.807, 2.05) is 41.2 Å². The van der Waals surface area contributed by atoms with E-state index in [0.29, 0.717) is 0 Å². The molecule has 3 heteroatoms. The topological polar surface area (TPSA) is 30.7 Å². The zero-order chi connectivity index (χ0) is 16.4. The van der Waals surface area contributed by atoms with Crippen LogP contribution in [0.15, 0.2) is 85.1 Å². The Labute approximate surface area is 141 Å². The zero-order valence-corrected chi connectivity index (χ0v) is 13.4. The van der Waals surface area contributed by atoms with Gasteiger partial charge in [0.25, 0.3) is 0 Å². The molecule has 3 aromatic carbocycles. The van der Waals surface area contributed by atoms with Crippen LogP contribution in [0.4, 0.5) is 0 Å². The van der Waals surface area contributed by atoms with E-state index in [0.717, 1.165) is 16.9 Å². The molecule has 0 atom stereocenters. The molecule has 4 aromatic rings. The molecule has 0 fully saturated rings. The van der Waals surface area contributed by atoms with Crippen LogP contribution < -0.4 is 0 Å². The monoisotopic (exact) mass is 311 g/mol. The highest BCUT2D eigenvalue weighted by Crippen LogP contribution is 2.24. The van der Waals surface area contributed by atoms with E-state index < -0.39 is 0 Å². The third-order valence-corrected chi connectivity index (χ3v) is 4.15. The Bertz CT molecular complexity index is 954. The summed E-state index contributed by atoms with van der Waals surface area (Å²) >= 11 is 0. The number of hydrogen-bond donors (Lipinski definition) is 0. The summed E-state index contributed by atoms with van der Waals surface area (Å²) in [6.45, 7) is 2.13. The fraction of sp³-hybridized carbons (Fsp3) is 0.0476. The molecule has 0 radical (unpaired) electrons. The Morgan fingerprint density at radius 3 is 2.17 bits per heavy atom. The maximum atomic E-state index is 4.27. The molecule has 4 rings (SSSR count). The lowest BCUT2D eigenvalue weighted by Crippen LogP contribution is -1.94. The van der Waals surface area contributed by atoms with Gasteiger partial charge in [-0.25, -0.2) is 4.68 Å². The lowest BCUT2D eigenvalue weighted by Gasteiger charge is -2.07. The van der Waals surface area contributed by atoms with E-state index in [2.05, 4.69) is 65.8 Å². The average Bonchev–Trinajstić information content (AvgIpc) is 3.13. The highest BCUT2D eigenvalue weighted by atomic mass is 15.4. The number of hydrogen-bond acceptors (Lipinski definition) is 2. The molecule has 0 aliphatic rings. The second-order valence-electron chi connectivity index (χ2n) is 5.78. The van der Waals surface area contributed by atoms with Gasteiger partial charge in [-0.3, -0.25) is 0 Å². The predicted octanol–water partition coefficient (Wildman–Crippen LogP) is 4.91. The molecule has 0 aliphatic heterocycles. The van der Waals surface area contributed by atoms with Crippen LogP contribution in [0, 0.1) is 6.92 Å². The molecule has 0 unspecified atom stereocenters. The highest BCUT2D eigenvalue weighted by Gasteiger charge is 2.06. The van der Waals surface area contributed by atoms with Gasteiger partial charge in [-0.2, -0.15) is 0 Å². The number of aromatic nitrogens is 3. The molecule has 116 valence electrons. The summed E-state index contributed by atoms with van der Waals surface area (Å²) in [6, 6.07) is 26.9. The molecule has 24 heavy (non-hydrogen) atoms. The summed E-state index contributed by atoms with van der Waals surface area (Å²) in [7, 11) is 0. The van der Waals surface area contributed by atoms with Gasteiger partial charge in [-0.05, 0) is 35.7 Å². The zero-order valence-electron chi connectivity index (χ0n) is 13.4. The first-order valence-electron chi connectivity index (χ1n) is 7.95. The quantitative estimate of drug-likeness (QED) is 0.538. The van der Waals surface area contributed by atoms with Crippen LogP contribution >= 0.6 is 0 Å². The van der Waals surface area contributed by atoms with Crippen molar-refractivity contribution in [2.45, 2.75) is 6.92 Å². The third kappa shape index (κ3) is 2.72. The van der Waals surface area contributed by atoms with Crippen molar-refractivity contribution in [1.29, 1.82) is 0 Å². The van der Waals surface area contributed by atoms with Crippen LogP contribution in [0.1, 0.15) is 5.56 Å². The minimum atomic E-state index is 0.874. The number of nitrogens with zero attached hydrogens (tertiary/aromatic N) is 3. The smallest absolute Gasteiger partial charge is 0.113 e. The lowest BCUT2D eigenvalue weighted by atomic mass is 10.0. The van der Waals surface area contributed by atoms with E-state index in [-0.39, 0.29) is 0 Å². The largest absolute Gasteiger partial charge is 0.220 e. The van der Waals surface area contributed by atoms with Crippen molar-refractivity contribution in [1.82, 2.24) is 15.0 Å². The lowest BCUT2D eigenvalue weighted by molar-refractivity contribution is 0.804. The molecule has 0 aliphatic carbocycles. The standard InChI is InChI=1S/C21H17N3/c1-16-7-5-6-10-20(16)17-11-13-19(14-12-17)24-15-21(22-23-24)18-8-3-2-4-9-18/h2-15H,1H3. The van der Waals surface area contributed by atoms with Crippen LogP contribution in [0.2, 0.25) is 0 Å². The summed E-state index contributed by atoms with van der Waals surface area (Å²) in [4.78, 5) is 0. The van der Waals surface area contributed by atoms with E-state index in [9.17, 15) is 0 Å². The Morgan fingerprint density at radius 2 is 1.42 bits per heavy atom. The summed E-state index contributed by atoms with van der Waals surface area (Å²) < 4.78 is 1.81. The number of rotatable bonds is 3. The second kappa shape index (κ2) is 6.13. The van der Waals surface area contributed by atoms with E-state index >= 15 is 0 Å². The van der Waals surface area contributed by atoms with Crippen molar-refractivity contribution in [3.05, 3.63) is 90.6 Å².